The van der Waals surface area contributed by atoms with Gasteiger partial charge in [-0.2, -0.15) is 0 Å². The van der Waals surface area contributed by atoms with Crippen LogP contribution in [-0.4, -0.2) is 24.8 Å². The lowest BCUT2D eigenvalue weighted by Crippen LogP contribution is -2.19. The van der Waals surface area contributed by atoms with Crippen molar-refractivity contribution in [3.05, 3.63) is 35.9 Å². The Morgan fingerprint density at radius 2 is 1.86 bits per heavy atom. The fraction of sp³-hybridized carbons (Fsp3) is 0.455. The maximum Gasteiger partial charge on any atom is 0.0961 e. The molecule has 0 spiro atoms. The zero-order valence-electron chi connectivity index (χ0n) is 8.44. The second kappa shape index (κ2) is 6.37. The number of alkyl halides is 1. The van der Waals surface area contributed by atoms with E-state index in [1.807, 2.05) is 18.2 Å². The van der Waals surface area contributed by atoms with Gasteiger partial charge in [-0.1, -0.05) is 52.9 Å². The molecule has 0 amide bonds. The average molecular weight is 306 g/mol. The van der Waals surface area contributed by atoms with Gasteiger partial charge < -0.3 is 9.47 Å². The van der Waals surface area contributed by atoms with Crippen LogP contribution in [0.1, 0.15) is 11.7 Å². The second-order valence-electron chi connectivity index (χ2n) is 3.04. The van der Waals surface area contributed by atoms with E-state index in [4.69, 9.17) is 9.47 Å². The summed E-state index contributed by atoms with van der Waals surface area (Å²) in [6.07, 6.45) is 0.108. The molecule has 3 heteroatoms. The van der Waals surface area contributed by atoms with E-state index < -0.39 is 0 Å². The molecule has 0 aliphatic carbocycles. The molecule has 0 N–H and O–H groups in total. The van der Waals surface area contributed by atoms with Gasteiger partial charge in [0, 0.05) is 14.2 Å². The Morgan fingerprint density at radius 1 is 1.21 bits per heavy atom. The highest BCUT2D eigenvalue weighted by Crippen LogP contribution is 2.26. The molecule has 2 atom stereocenters. The Bertz CT molecular complexity index is 251. The maximum atomic E-state index is 5.46. The average Bonchev–Trinajstić information content (AvgIpc) is 2.21. The molecule has 1 rings (SSSR count). The predicted octanol–water partition coefficient (Wildman–Crippen LogP) is 2.82. The van der Waals surface area contributed by atoms with Crippen molar-refractivity contribution in [3.8, 4) is 0 Å². The van der Waals surface area contributed by atoms with E-state index in [2.05, 4.69) is 34.7 Å². The Balaban J connectivity index is 2.71. The van der Waals surface area contributed by atoms with Crippen molar-refractivity contribution in [3.63, 3.8) is 0 Å². The lowest BCUT2D eigenvalue weighted by molar-refractivity contribution is 0.0772. The number of rotatable bonds is 5. The first-order chi connectivity index (χ1) is 6.79. The topological polar surface area (TPSA) is 18.5 Å². The Morgan fingerprint density at radius 3 is 2.36 bits per heavy atom. The number of benzene rings is 1. The highest BCUT2D eigenvalue weighted by atomic mass is 127. The van der Waals surface area contributed by atoms with Crippen LogP contribution in [0.4, 0.5) is 0 Å². The molecule has 14 heavy (non-hydrogen) atoms. The van der Waals surface area contributed by atoms with E-state index in [9.17, 15) is 0 Å². The molecule has 0 heterocycles. The van der Waals surface area contributed by atoms with Crippen LogP contribution in [0.25, 0.3) is 0 Å². The number of hydrogen-bond donors (Lipinski definition) is 0. The Kier molecular flexibility index (Phi) is 5.44. The van der Waals surface area contributed by atoms with Gasteiger partial charge in [0.2, 0.25) is 0 Å². The lowest BCUT2D eigenvalue weighted by atomic mass is 10.1. The van der Waals surface area contributed by atoms with Gasteiger partial charge in [-0.25, -0.2) is 0 Å². The third-order valence-electron chi connectivity index (χ3n) is 2.04. The van der Waals surface area contributed by atoms with Crippen LogP contribution in [0.5, 0.6) is 0 Å². The smallest absolute Gasteiger partial charge is 0.0961 e. The molecule has 0 saturated carbocycles. The number of hydrogen-bond acceptors (Lipinski definition) is 2. The first kappa shape index (κ1) is 11.9. The normalized spacial score (nSPS) is 15.1. The van der Waals surface area contributed by atoms with Crippen LogP contribution >= 0.6 is 22.6 Å². The minimum absolute atomic E-state index is 0.108. The van der Waals surface area contributed by atoms with Gasteiger partial charge in [0.15, 0.2) is 0 Å². The van der Waals surface area contributed by atoms with Crippen molar-refractivity contribution in [2.24, 2.45) is 0 Å². The molecular formula is C11H15IO2. The van der Waals surface area contributed by atoms with E-state index in [0.29, 0.717) is 10.5 Å². The summed E-state index contributed by atoms with van der Waals surface area (Å²) < 4.78 is 10.9. The van der Waals surface area contributed by atoms with Crippen LogP contribution in [0.3, 0.4) is 0 Å². The molecule has 2 nitrogen and oxygen atoms in total. The molecule has 78 valence electrons. The molecule has 2 unspecified atom stereocenters. The van der Waals surface area contributed by atoms with Gasteiger partial charge in [-0.15, -0.1) is 0 Å². The minimum Gasteiger partial charge on any atom is -0.383 e. The van der Waals surface area contributed by atoms with Crippen LogP contribution in [-0.2, 0) is 9.47 Å². The van der Waals surface area contributed by atoms with Crippen molar-refractivity contribution >= 4 is 22.6 Å². The quantitative estimate of drug-likeness (QED) is 0.615. The number of ether oxygens (including phenoxy) is 2. The maximum absolute atomic E-state index is 5.46. The SMILES string of the molecule is COCC(I)C(OC)c1ccccc1. The highest BCUT2D eigenvalue weighted by Gasteiger charge is 2.19. The summed E-state index contributed by atoms with van der Waals surface area (Å²) in [7, 11) is 3.45. The summed E-state index contributed by atoms with van der Waals surface area (Å²) in [6.45, 7) is 0.702. The summed E-state index contributed by atoms with van der Waals surface area (Å²) in [4.78, 5) is 0. The summed E-state index contributed by atoms with van der Waals surface area (Å²) in [5.41, 5.74) is 1.20. The Labute approximate surface area is 98.7 Å². The fourth-order valence-corrected chi connectivity index (χ4v) is 2.45. The molecule has 1 aromatic rings. The van der Waals surface area contributed by atoms with Gasteiger partial charge in [0.25, 0.3) is 0 Å². The molecule has 0 aliphatic rings. The fourth-order valence-electron chi connectivity index (χ4n) is 1.38. The number of methoxy groups -OCH3 is 2. The third-order valence-corrected chi connectivity index (χ3v) is 3.05. The lowest BCUT2D eigenvalue weighted by Gasteiger charge is -2.20. The zero-order chi connectivity index (χ0) is 10.4. The molecule has 0 aromatic heterocycles. The minimum atomic E-state index is 0.108. The summed E-state index contributed by atoms with van der Waals surface area (Å²) in [5.74, 6) is 0. The first-order valence-electron chi connectivity index (χ1n) is 4.50. The summed E-state index contributed by atoms with van der Waals surface area (Å²) in [6, 6.07) is 10.2. The molecule has 0 radical (unpaired) electrons. The molecule has 0 aliphatic heterocycles. The van der Waals surface area contributed by atoms with Crippen molar-refractivity contribution in [1.29, 1.82) is 0 Å². The first-order valence-corrected chi connectivity index (χ1v) is 5.75. The third kappa shape index (κ3) is 3.22. The largest absolute Gasteiger partial charge is 0.383 e. The van der Waals surface area contributed by atoms with Crippen molar-refractivity contribution in [2.75, 3.05) is 20.8 Å². The predicted molar refractivity (Wildman–Crippen MR) is 65.9 cm³/mol. The van der Waals surface area contributed by atoms with E-state index in [-0.39, 0.29) is 6.10 Å². The second-order valence-corrected chi connectivity index (χ2v) is 4.64. The molecule has 1 aromatic carbocycles. The van der Waals surface area contributed by atoms with Crippen LogP contribution in [0.15, 0.2) is 30.3 Å². The van der Waals surface area contributed by atoms with Gasteiger partial charge in [0.1, 0.15) is 0 Å². The van der Waals surface area contributed by atoms with E-state index in [1.165, 1.54) is 5.56 Å². The van der Waals surface area contributed by atoms with Crippen molar-refractivity contribution in [2.45, 2.75) is 10.0 Å². The van der Waals surface area contributed by atoms with E-state index >= 15 is 0 Å². The van der Waals surface area contributed by atoms with Gasteiger partial charge in [0.05, 0.1) is 16.6 Å². The van der Waals surface area contributed by atoms with Gasteiger partial charge in [-0.05, 0) is 5.56 Å². The van der Waals surface area contributed by atoms with E-state index in [1.54, 1.807) is 14.2 Å². The molecule has 0 fully saturated rings. The molecular weight excluding hydrogens is 291 g/mol. The van der Waals surface area contributed by atoms with Gasteiger partial charge >= 0.3 is 0 Å². The van der Waals surface area contributed by atoms with Crippen LogP contribution in [0, 0.1) is 0 Å². The van der Waals surface area contributed by atoms with Crippen LogP contribution in [0.2, 0.25) is 0 Å². The summed E-state index contributed by atoms with van der Waals surface area (Å²) in [5, 5.41) is 0. The number of halogens is 1. The van der Waals surface area contributed by atoms with Crippen molar-refractivity contribution < 1.29 is 9.47 Å². The van der Waals surface area contributed by atoms with Gasteiger partial charge in [-0.3, -0.25) is 0 Å². The summed E-state index contributed by atoms with van der Waals surface area (Å²) >= 11 is 2.36. The monoisotopic (exact) mass is 306 g/mol. The Hall–Kier alpha value is -0.130. The van der Waals surface area contributed by atoms with E-state index in [0.717, 1.165) is 0 Å². The highest BCUT2D eigenvalue weighted by molar-refractivity contribution is 14.1. The standard InChI is InChI=1S/C11H15IO2/c1-13-8-10(12)11(14-2)9-6-4-3-5-7-9/h3-7,10-11H,8H2,1-2H3. The molecule has 0 bridgehead atoms. The zero-order valence-corrected chi connectivity index (χ0v) is 10.6. The van der Waals surface area contributed by atoms with Crippen LogP contribution < -0.4 is 0 Å². The van der Waals surface area contributed by atoms with Crippen molar-refractivity contribution in [1.82, 2.24) is 0 Å². The molecule has 0 saturated heterocycles.